The lowest BCUT2D eigenvalue weighted by atomic mass is 10.0. The summed E-state index contributed by atoms with van der Waals surface area (Å²) in [6.07, 6.45) is 1.83. The van der Waals surface area contributed by atoms with Gasteiger partial charge < -0.3 is 0 Å². The Balaban J connectivity index is 2.11. The third kappa shape index (κ3) is 5.30. The Morgan fingerprint density at radius 1 is 0.690 bits per heavy atom. The molecule has 0 aliphatic carbocycles. The molecule has 3 aromatic carbocycles. The number of hydrogen-bond acceptors (Lipinski definition) is 2. The molecular formula is C25H25NO2S. The van der Waals surface area contributed by atoms with Crippen molar-refractivity contribution >= 4 is 21.3 Å². The van der Waals surface area contributed by atoms with E-state index in [1.165, 1.54) is 5.56 Å². The van der Waals surface area contributed by atoms with Crippen molar-refractivity contribution in [1.82, 2.24) is 0 Å². The van der Waals surface area contributed by atoms with E-state index in [2.05, 4.69) is 4.40 Å². The molecule has 0 N–H and O–H groups in total. The van der Waals surface area contributed by atoms with Crippen LogP contribution in [0, 0.1) is 20.8 Å². The monoisotopic (exact) mass is 403 g/mol. The summed E-state index contributed by atoms with van der Waals surface area (Å²) < 4.78 is 30.1. The van der Waals surface area contributed by atoms with Gasteiger partial charge in [0.15, 0.2) is 0 Å². The molecule has 0 unspecified atom stereocenters. The van der Waals surface area contributed by atoms with Crippen molar-refractivity contribution < 1.29 is 8.42 Å². The Morgan fingerprint density at radius 3 is 1.59 bits per heavy atom. The highest BCUT2D eigenvalue weighted by atomic mass is 32.2. The fraction of sp³-hybridized carbons (Fsp3) is 0.160. The Labute approximate surface area is 173 Å². The summed E-state index contributed by atoms with van der Waals surface area (Å²) in [4.78, 5) is 0.189. The first-order valence-electron chi connectivity index (χ1n) is 9.49. The van der Waals surface area contributed by atoms with Gasteiger partial charge in [0.1, 0.15) is 0 Å². The van der Waals surface area contributed by atoms with Gasteiger partial charge in [0, 0.05) is 5.56 Å². The van der Waals surface area contributed by atoms with Crippen LogP contribution in [0.1, 0.15) is 34.7 Å². The van der Waals surface area contributed by atoms with Crippen molar-refractivity contribution in [2.45, 2.75) is 32.6 Å². The van der Waals surface area contributed by atoms with E-state index in [4.69, 9.17) is 0 Å². The lowest BCUT2D eigenvalue weighted by Gasteiger charge is -2.08. The molecule has 0 aromatic heterocycles. The molecule has 0 atom stereocenters. The normalized spacial score (nSPS) is 12.8. The lowest BCUT2D eigenvalue weighted by Crippen LogP contribution is -2.05. The van der Waals surface area contributed by atoms with Crippen LogP contribution in [0.5, 0.6) is 0 Å². The van der Waals surface area contributed by atoms with E-state index in [1.54, 1.807) is 24.3 Å². The molecule has 3 aromatic rings. The summed E-state index contributed by atoms with van der Waals surface area (Å²) in [5, 5.41) is 0. The first kappa shape index (κ1) is 20.7. The zero-order valence-corrected chi connectivity index (χ0v) is 18.0. The fourth-order valence-electron chi connectivity index (χ4n) is 2.88. The van der Waals surface area contributed by atoms with Crippen molar-refractivity contribution in [3.8, 4) is 0 Å². The van der Waals surface area contributed by atoms with Crippen LogP contribution in [0.15, 0.2) is 88.2 Å². The van der Waals surface area contributed by atoms with Crippen molar-refractivity contribution in [2.24, 2.45) is 4.40 Å². The number of aryl methyl sites for hydroxylation is 3. The maximum Gasteiger partial charge on any atom is 0.282 e. The number of benzene rings is 3. The average Bonchev–Trinajstić information content (AvgIpc) is 2.68. The van der Waals surface area contributed by atoms with Crippen LogP contribution in [0.2, 0.25) is 0 Å². The molecule has 148 valence electrons. The summed E-state index contributed by atoms with van der Waals surface area (Å²) in [5.41, 5.74) is 6.44. The van der Waals surface area contributed by atoms with Gasteiger partial charge in [0.25, 0.3) is 10.0 Å². The first-order valence-corrected chi connectivity index (χ1v) is 10.9. The van der Waals surface area contributed by atoms with Crippen LogP contribution < -0.4 is 0 Å². The average molecular weight is 404 g/mol. The molecule has 29 heavy (non-hydrogen) atoms. The van der Waals surface area contributed by atoms with Gasteiger partial charge in [-0.1, -0.05) is 77.4 Å². The number of hydrogen-bond donors (Lipinski definition) is 0. The van der Waals surface area contributed by atoms with E-state index >= 15 is 0 Å². The molecule has 0 spiro atoms. The molecule has 3 nitrogen and oxygen atoms in total. The quantitative estimate of drug-likeness (QED) is 0.498. The third-order valence-electron chi connectivity index (χ3n) is 4.74. The van der Waals surface area contributed by atoms with Gasteiger partial charge in [-0.3, -0.25) is 0 Å². The summed E-state index contributed by atoms with van der Waals surface area (Å²) in [5.74, 6) is 0. The van der Waals surface area contributed by atoms with Crippen LogP contribution in [-0.4, -0.2) is 14.1 Å². The molecule has 0 aliphatic heterocycles. The molecule has 4 heteroatoms. The standard InChI is InChI=1S/C25H25NO2S/c1-18-5-11-22(12-6-18)21(4)17-25(23-13-7-19(2)8-14-23)26-29(27,28)24-15-9-20(3)10-16-24/h5-17H,1-4H3/b21-17+,26-25-. The van der Waals surface area contributed by atoms with Gasteiger partial charge >= 0.3 is 0 Å². The van der Waals surface area contributed by atoms with Crippen LogP contribution in [-0.2, 0) is 10.0 Å². The second-order valence-corrected chi connectivity index (χ2v) is 8.93. The Bertz CT molecular complexity index is 1150. The maximum atomic E-state index is 12.9. The molecule has 0 fully saturated rings. The van der Waals surface area contributed by atoms with Crippen LogP contribution >= 0.6 is 0 Å². The van der Waals surface area contributed by atoms with Crippen LogP contribution in [0.4, 0.5) is 0 Å². The molecule has 0 aliphatic rings. The van der Waals surface area contributed by atoms with Gasteiger partial charge in [-0.15, -0.1) is 0 Å². The van der Waals surface area contributed by atoms with Gasteiger partial charge in [-0.25, -0.2) is 0 Å². The minimum absolute atomic E-state index is 0.189. The molecule has 0 bridgehead atoms. The molecule has 0 amide bonds. The summed E-state index contributed by atoms with van der Waals surface area (Å²) in [6, 6.07) is 22.6. The van der Waals surface area contributed by atoms with E-state index in [1.807, 2.05) is 82.3 Å². The number of rotatable bonds is 5. The number of sulfonamides is 1. The highest BCUT2D eigenvalue weighted by molar-refractivity contribution is 7.90. The van der Waals surface area contributed by atoms with Crippen molar-refractivity contribution in [3.63, 3.8) is 0 Å². The third-order valence-corrected chi connectivity index (χ3v) is 6.05. The summed E-state index contributed by atoms with van der Waals surface area (Å²) >= 11 is 0. The SMILES string of the molecule is C/C(=C\C(=N\S(=O)(=O)c1ccc(C)cc1)c1ccc(C)cc1)c1ccc(C)cc1. The molecule has 0 radical (unpaired) electrons. The number of nitrogens with zero attached hydrogens (tertiary/aromatic N) is 1. The van der Waals surface area contributed by atoms with E-state index in [-0.39, 0.29) is 4.90 Å². The van der Waals surface area contributed by atoms with E-state index in [9.17, 15) is 8.42 Å². The minimum atomic E-state index is -3.83. The van der Waals surface area contributed by atoms with Crippen LogP contribution in [0.3, 0.4) is 0 Å². The highest BCUT2D eigenvalue weighted by Gasteiger charge is 2.15. The molecule has 0 saturated heterocycles. The molecule has 0 heterocycles. The summed E-state index contributed by atoms with van der Waals surface area (Å²) in [7, 11) is -3.83. The predicted molar refractivity (Wildman–Crippen MR) is 121 cm³/mol. The highest BCUT2D eigenvalue weighted by Crippen LogP contribution is 2.20. The van der Waals surface area contributed by atoms with Gasteiger partial charge in [-0.2, -0.15) is 12.8 Å². The lowest BCUT2D eigenvalue weighted by molar-refractivity contribution is 0.598. The number of allylic oxidation sites excluding steroid dienone is 2. The van der Waals surface area contributed by atoms with Crippen molar-refractivity contribution in [2.75, 3.05) is 0 Å². The second-order valence-electron chi connectivity index (χ2n) is 7.32. The topological polar surface area (TPSA) is 46.5 Å². The largest absolute Gasteiger partial charge is 0.282 e. The minimum Gasteiger partial charge on any atom is -0.199 e. The Kier molecular flexibility index (Phi) is 6.14. The second kappa shape index (κ2) is 8.58. The molecule has 0 saturated carbocycles. The zero-order valence-electron chi connectivity index (χ0n) is 17.2. The van der Waals surface area contributed by atoms with E-state index < -0.39 is 10.0 Å². The van der Waals surface area contributed by atoms with Crippen molar-refractivity contribution in [1.29, 1.82) is 0 Å². The Morgan fingerprint density at radius 2 is 1.10 bits per heavy atom. The zero-order chi connectivity index (χ0) is 21.0. The van der Waals surface area contributed by atoms with E-state index in [0.29, 0.717) is 5.71 Å². The summed E-state index contributed by atoms with van der Waals surface area (Å²) in [6.45, 7) is 7.92. The molecular weight excluding hydrogens is 378 g/mol. The smallest absolute Gasteiger partial charge is 0.199 e. The van der Waals surface area contributed by atoms with Crippen molar-refractivity contribution in [3.05, 3.63) is 107 Å². The van der Waals surface area contributed by atoms with Gasteiger partial charge in [0.05, 0.1) is 10.6 Å². The Hall–Kier alpha value is -2.98. The maximum absolute atomic E-state index is 12.9. The van der Waals surface area contributed by atoms with Gasteiger partial charge in [-0.05, 0) is 57.0 Å². The predicted octanol–water partition coefficient (Wildman–Crippen LogP) is 5.89. The molecule has 3 rings (SSSR count). The van der Waals surface area contributed by atoms with Crippen LogP contribution in [0.25, 0.3) is 5.57 Å². The fourth-order valence-corrected chi connectivity index (χ4v) is 3.89. The van der Waals surface area contributed by atoms with Gasteiger partial charge in [0.2, 0.25) is 0 Å². The first-order chi connectivity index (χ1) is 13.7. The van der Waals surface area contributed by atoms with E-state index in [0.717, 1.165) is 27.8 Å².